The average molecular weight is 198 g/mol. The molecule has 0 aromatic carbocycles. The number of rotatable bonds is 3. The molecule has 12 heavy (non-hydrogen) atoms. The van der Waals surface area contributed by atoms with Gasteiger partial charge in [0.15, 0.2) is 0 Å². The first-order valence-electron chi connectivity index (χ1n) is 4.27. The second-order valence-electron chi connectivity index (χ2n) is 2.63. The lowest BCUT2D eigenvalue weighted by Crippen LogP contribution is -2.02. The Balaban J connectivity index is 2.12. The van der Waals surface area contributed by atoms with Crippen molar-refractivity contribution < 1.29 is 0 Å². The van der Waals surface area contributed by atoms with Gasteiger partial charge < -0.3 is 0 Å². The third-order valence-corrected chi connectivity index (χ3v) is 4.44. The van der Waals surface area contributed by atoms with Crippen LogP contribution in [0.4, 0.5) is 0 Å². The van der Waals surface area contributed by atoms with Crippen LogP contribution in [0, 0.1) is 12.3 Å². The van der Waals surface area contributed by atoms with E-state index in [9.17, 15) is 0 Å². The van der Waals surface area contributed by atoms with Gasteiger partial charge in [0.2, 0.25) is 0 Å². The smallest absolute Gasteiger partial charge is 0.0682 e. The van der Waals surface area contributed by atoms with E-state index >= 15 is 0 Å². The van der Waals surface area contributed by atoms with Gasteiger partial charge in [0.25, 0.3) is 0 Å². The summed E-state index contributed by atoms with van der Waals surface area (Å²) >= 11 is 4.09. The molecule has 1 saturated heterocycles. The van der Waals surface area contributed by atoms with Crippen LogP contribution in [0.3, 0.4) is 0 Å². The molecule has 66 valence electrons. The lowest BCUT2D eigenvalue weighted by atomic mass is 10.3. The molecule has 0 atom stereocenters. The average Bonchev–Trinajstić information content (AvgIpc) is 2.14. The van der Waals surface area contributed by atoms with E-state index in [0.29, 0.717) is 4.58 Å². The Morgan fingerprint density at radius 1 is 1.42 bits per heavy atom. The van der Waals surface area contributed by atoms with Crippen LogP contribution in [-0.4, -0.2) is 16.1 Å². The second kappa shape index (κ2) is 6.51. The molecule has 1 heterocycles. The molecule has 0 N–H and O–H groups in total. The minimum Gasteiger partial charge on any atom is -0.143 e. The van der Waals surface area contributed by atoms with Crippen LogP contribution in [0.2, 0.25) is 0 Å². The van der Waals surface area contributed by atoms with Crippen molar-refractivity contribution in [1.82, 2.24) is 0 Å². The molecule has 1 aliphatic rings. The van der Waals surface area contributed by atoms with Crippen molar-refractivity contribution in [3.05, 3.63) is 12.2 Å². The van der Waals surface area contributed by atoms with E-state index in [1.54, 1.807) is 0 Å². The molecule has 0 amide bonds. The number of hydrogen-bond donors (Lipinski definition) is 0. The number of allylic oxidation sites excluding steroid dienone is 1. The van der Waals surface area contributed by atoms with E-state index < -0.39 is 0 Å². The van der Waals surface area contributed by atoms with Crippen molar-refractivity contribution >= 4 is 23.5 Å². The summed E-state index contributed by atoms with van der Waals surface area (Å²) < 4.78 is 0.691. The summed E-state index contributed by atoms with van der Waals surface area (Å²) in [5.41, 5.74) is 0. The van der Waals surface area contributed by atoms with Crippen molar-refractivity contribution in [1.29, 1.82) is 0 Å². The molecule has 0 spiro atoms. The Morgan fingerprint density at radius 2 is 2.17 bits per heavy atom. The van der Waals surface area contributed by atoms with Crippen LogP contribution >= 0.6 is 23.5 Å². The SMILES string of the molecule is C#CCC/C=C/C1SCCCS1. The van der Waals surface area contributed by atoms with Crippen molar-refractivity contribution in [3.8, 4) is 12.3 Å². The fourth-order valence-electron chi connectivity index (χ4n) is 0.991. The highest BCUT2D eigenvalue weighted by molar-refractivity contribution is 8.17. The summed E-state index contributed by atoms with van der Waals surface area (Å²) in [6, 6.07) is 0. The molecular weight excluding hydrogens is 184 g/mol. The van der Waals surface area contributed by atoms with Gasteiger partial charge in [-0.2, -0.15) is 0 Å². The van der Waals surface area contributed by atoms with E-state index in [-0.39, 0.29) is 0 Å². The second-order valence-corrected chi connectivity index (χ2v) is 5.43. The zero-order valence-electron chi connectivity index (χ0n) is 7.16. The third kappa shape index (κ3) is 4.13. The van der Waals surface area contributed by atoms with E-state index in [4.69, 9.17) is 6.42 Å². The Morgan fingerprint density at radius 3 is 2.83 bits per heavy atom. The molecule has 0 unspecified atom stereocenters. The molecule has 0 nitrogen and oxygen atoms in total. The first-order valence-corrected chi connectivity index (χ1v) is 6.36. The van der Waals surface area contributed by atoms with Crippen LogP contribution in [-0.2, 0) is 0 Å². The molecule has 0 radical (unpaired) electrons. The van der Waals surface area contributed by atoms with Gasteiger partial charge in [-0.25, -0.2) is 0 Å². The third-order valence-electron chi connectivity index (χ3n) is 1.60. The highest BCUT2D eigenvalue weighted by Gasteiger charge is 2.09. The Kier molecular flexibility index (Phi) is 5.47. The summed E-state index contributed by atoms with van der Waals surface area (Å²) in [4.78, 5) is 0. The first kappa shape index (κ1) is 10.1. The fourth-order valence-corrected chi connectivity index (χ4v) is 3.67. The van der Waals surface area contributed by atoms with Gasteiger partial charge >= 0.3 is 0 Å². The van der Waals surface area contributed by atoms with Gasteiger partial charge in [-0.3, -0.25) is 0 Å². The topological polar surface area (TPSA) is 0 Å². The molecule has 1 rings (SSSR count). The molecule has 1 aliphatic heterocycles. The number of terminal acetylenes is 1. The lowest BCUT2D eigenvalue weighted by Gasteiger charge is -2.16. The van der Waals surface area contributed by atoms with E-state index in [1.807, 2.05) is 23.5 Å². The van der Waals surface area contributed by atoms with Crippen molar-refractivity contribution in [2.75, 3.05) is 11.5 Å². The number of unbranched alkanes of at least 4 members (excludes halogenated alkanes) is 1. The summed E-state index contributed by atoms with van der Waals surface area (Å²) in [5, 5.41) is 0. The molecule has 1 fully saturated rings. The van der Waals surface area contributed by atoms with Gasteiger partial charge in [-0.15, -0.1) is 35.9 Å². The zero-order valence-corrected chi connectivity index (χ0v) is 8.79. The predicted octanol–water partition coefficient (Wildman–Crippen LogP) is 3.15. The normalized spacial score (nSPS) is 19.6. The van der Waals surface area contributed by atoms with Crippen LogP contribution in [0.1, 0.15) is 19.3 Å². The molecule has 0 aromatic rings. The molecule has 0 aliphatic carbocycles. The Bertz CT molecular complexity index is 173. The summed E-state index contributed by atoms with van der Waals surface area (Å²) in [5.74, 6) is 5.27. The maximum Gasteiger partial charge on any atom is 0.0682 e. The lowest BCUT2D eigenvalue weighted by molar-refractivity contribution is 1.08. The van der Waals surface area contributed by atoms with E-state index in [2.05, 4.69) is 18.1 Å². The van der Waals surface area contributed by atoms with Gasteiger partial charge in [0.1, 0.15) is 0 Å². The summed E-state index contributed by atoms with van der Waals surface area (Å²) in [6.07, 6.45) is 12.9. The summed E-state index contributed by atoms with van der Waals surface area (Å²) in [7, 11) is 0. The van der Waals surface area contributed by atoms with Crippen LogP contribution in [0.25, 0.3) is 0 Å². The standard InChI is InChI=1S/C10H14S2/c1-2-3-4-5-7-10-11-8-6-9-12-10/h1,5,7,10H,3-4,6,8-9H2/b7-5+. The maximum atomic E-state index is 5.15. The van der Waals surface area contributed by atoms with Gasteiger partial charge in [0.05, 0.1) is 4.58 Å². The molecule has 0 bridgehead atoms. The highest BCUT2D eigenvalue weighted by Crippen LogP contribution is 2.31. The van der Waals surface area contributed by atoms with E-state index in [1.165, 1.54) is 17.9 Å². The van der Waals surface area contributed by atoms with Gasteiger partial charge in [-0.05, 0) is 24.3 Å². The Hall–Kier alpha value is -0.000000000000000111. The zero-order chi connectivity index (χ0) is 8.65. The summed E-state index contributed by atoms with van der Waals surface area (Å²) in [6.45, 7) is 0. The monoisotopic (exact) mass is 198 g/mol. The molecular formula is C10H14S2. The Labute approximate surface area is 83.6 Å². The largest absolute Gasteiger partial charge is 0.143 e. The molecule has 0 aromatic heterocycles. The van der Waals surface area contributed by atoms with Crippen molar-refractivity contribution in [2.45, 2.75) is 23.8 Å². The maximum absolute atomic E-state index is 5.15. The van der Waals surface area contributed by atoms with E-state index in [0.717, 1.165) is 12.8 Å². The van der Waals surface area contributed by atoms with Gasteiger partial charge in [-0.1, -0.05) is 12.2 Å². The number of hydrogen-bond acceptors (Lipinski definition) is 2. The fraction of sp³-hybridized carbons (Fsp3) is 0.600. The van der Waals surface area contributed by atoms with Crippen LogP contribution in [0.5, 0.6) is 0 Å². The first-order chi connectivity index (χ1) is 5.93. The van der Waals surface area contributed by atoms with Crippen LogP contribution < -0.4 is 0 Å². The predicted molar refractivity (Wildman–Crippen MR) is 60.5 cm³/mol. The molecule has 2 heteroatoms. The molecule has 0 saturated carbocycles. The number of thioether (sulfide) groups is 2. The van der Waals surface area contributed by atoms with Crippen molar-refractivity contribution in [2.24, 2.45) is 0 Å². The minimum absolute atomic E-state index is 0.691. The minimum atomic E-state index is 0.691. The van der Waals surface area contributed by atoms with Crippen LogP contribution in [0.15, 0.2) is 12.2 Å². The quantitative estimate of drug-likeness (QED) is 0.388. The highest BCUT2D eigenvalue weighted by atomic mass is 32.2. The van der Waals surface area contributed by atoms with Crippen molar-refractivity contribution in [3.63, 3.8) is 0 Å². The van der Waals surface area contributed by atoms with Gasteiger partial charge in [0, 0.05) is 6.42 Å².